The van der Waals surface area contributed by atoms with Gasteiger partial charge >= 0.3 is 11.9 Å². The molecule has 0 saturated carbocycles. The van der Waals surface area contributed by atoms with Crippen LogP contribution in [0.2, 0.25) is 0 Å². The summed E-state index contributed by atoms with van der Waals surface area (Å²) >= 11 is 1.08. The number of rotatable bonds is 9. The van der Waals surface area contributed by atoms with Crippen LogP contribution in [-0.2, 0) is 23.8 Å². The van der Waals surface area contributed by atoms with Crippen LogP contribution in [0.15, 0.2) is 47.5 Å². The topological polar surface area (TPSA) is 137 Å². The van der Waals surface area contributed by atoms with E-state index in [-0.39, 0.29) is 30.0 Å². The molecule has 218 valence electrons. The Morgan fingerprint density at radius 3 is 2.40 bits per heavy atom. The lowest BCUT2D eigenvalue weighted by atomic mass is 9.94. The minimum Gasteiger partial charge on any atom is -0.465 e. The number of halogens is 3. The predicted octanol–water partition coefficient (Wildman–Crippen LogP) is 3.39. The Bertz CT molecular complexity index is 1220. The summed E-state index contributed by atoms with van der Waals surface area (Å²) in [5.74, 6) is -7.25. The third kappa shape index (κ3) is 8.47. The molecule has 1 saturated heterocycles. The first-order valence-corrected chi connectivity index (χ1v) is 13.1. The Balaban J connectivity index is 0.00000274. The van der Waals surface area contributed by atoms with Gasteiger partial charge in [-0.15, -0.1) is 0 Å². The summed E-state index contributed by atoms with van der Waals surface area (Å²) in [6, 6.07) is 7.81. The van der Waals surface area contributed by atoms with E-state index in [0.29, 0.717) is 4.90 Å². The smallest absolute Gasteiger partial charge is 0.337 e. The number of aliphatic hydroxyl groups is 1. The SMILES string of the molecule is CC.COC(=O)c1cccc(SC2OC(COC(C)=O)C(O)C(=O)C2CN/C=C(\N)c2cc(F)c(F)c(F)c2)c1. The molecule has 1 aliphatic heterocycles. The van der Waals surface area contributed by atoms with Gasteiger partial charge in [0.2, 0.25) is 0 Å². The highest BCUT2D eigenvalue weighted by Gasteiger charge is 2.45. The zero-order chi connectivity index (χ0) is 30.0. The number of esters is 2. The second-order valence-corrected chi connectivity index (χ2v) is 9.37. The van der Waals surface area contributed by atoms with E-state index < -0.39 is 58.7 Å². The first-order chi connectivity index (χ1) is 19.0. The van der Waals surface area contributed by atoms with E-state index in [9.17, 15) is 32.7 Å². The van der Waals surface area contributed by atoms with E-state index in [1.165, 1.54) is 26.3 Å². The minimum absolute atomic E-state index is 0.128. The molecular formula is C27H31F3N2O7S. The quantitative estimate of drug-likeness (QED) is 0.297. The van der Waals surface area contributed by atoms with Gasteiger partial charge in [-0.05, 0) is 30.3 Å². The number of carbonyl (C=O) groups is 3. The predicted molar refractivity (Wildman–Crippen MR) is 141 cm³/mol. The largest absolute Gasteiger partial charge is 0.465 e. The number of methoxy groups -OCH3 is 1. The Morgan fingerprint density at radius 2 is 1.80 bits per heavy atom. The third-order valence-electron chi connectivity index (χ3n) is 5.52. The lowest BCUT2D eigenvalue weighted by molar-refractivity contribution is -0.171. The van der Waals surface area contributed by atoms with Crippen LogP contribution in [0.1, 0.15) is 36.7 Å². The summed E-state index contributed by atoms with van der Waals surface area (Å²) in [4.78, 5) is 36.8. The Kier molecular flexibility index (Phi) is 12.5. The zero-order valence-electron chi connectivity index (χ0n) is 22.3. The van der Waals surface area contributed by atoms with Crippen LogP contribution in [-0.4, -0.2) is 60.7 Å². The summed E-state index contributed by atoms with van der Waals surface area (Å²) in [7, 11) is 1.24. The first kappa shape index (κ1) is 32.7. The summed E-state index contributed by atoms with van der Waals surface area (Å²) in [6.45, 7) is 4.68. The van der Waals surface area contributed by atoms with Crippen LogP contribution in [0, 0.1) is 23.4 Å². The number of ketones is 1. The molecule has 1 fully saturated rings. The highest BCUT2D eigenvalue weighted by Crippen LogP contribution is 2.35. The highest BCUT2D eigenvalue weighted by atomic mass is 32.2. The van der Waals surface area contributed by atoms with E-state index in [1.54, 1.807) is 18.2 Å². The Labute approximate surface area is 233 Å². The van der Waals surface area contributed by atoms with Crippen LogP contribution in [0.25, 0.3) is 5.70 Å². The molecule has 0 radical (unpaired) electrons. The second kappa shape index (κ2) is 15.3. The lowest BCUT2D eigenvalue weighted by Gasteiger charge is -2.37. The molecule has 2 aromatic carbocycles. The summed E-state index contributed by atoms with van der Waals surface area (Å²) in [5.41, 5.74) is 4.92. The maximum absolute atomic E-state index is 13.5. The van der Waals surface area contributed by atoms with E-state index in [4.69, 9.17) is 19.9 Å². The number of hydrogen-bond acceptors (Lipinski definition) is 10. The normalized spacial score (nSPS) is 20.7. The third-order valence-corrected chi connectivity index (χ3v) is 6.72. The van der Waals surface area contributed by atoms with Crippen molar-refractivity contribution in [2.45, 2.75) is 43.3 Å². The molecule has 0 aromatic heterocycles. The molecule has 9 nitrogen and oxygen atoms in total. The van der Waals surface area contributed by atoms with E-state index >= 15 is 0 Å². The molecule has 3 rings (SSSR count). The average molecular weight is 585 g/mol. The summed E-state index contributed by atoms with van der Waals surface area (Å²) in [5, 5.41) is 13.3. The molecule has 2 aromatic rings. The van der Waals surface area contributed by atoms with Gasteiger partial charge in [0.15, 0.2) is 23.2 Å². The Hall–Kier alpha value is -3.55. The van der Waals surface area contributed by atoms with Crippen LogP contribution in [0.5, 0.6) is 0 Å². The van der Waals surface area contributed by atoms with Crippen molar-refractivity contribution in [3.8, 4) is 0 Å². The molecule has 4 unspecified atom stereocenters. The molecule has 4 N–H and O–H groups in total. The van der Waals surface area contributed by atoms with Crippen LogP contribution in [0.4, 0.5) is 13.2 Å². The van der Waals surface area contributed by atoms with Gasteiger partial charge in [0.25, 0.3) is 0 Å². The molecule has 0 amide bonds. The van der Waals surface area contributed by atoms with Crippen molar-refractivity contribution in [1.82, 2.24) is 5.32 Å². The fourth-order valence-corrected chi connectivity index (χ4v) is 4.78. The van der Waals surface area contributed by atoms with E-state index in [2.05, 4.69) is 5.32 Å². The maximum atomic E-state index is 13.5. The second-order valence-electron chi connectivity index (χ2n) is 8.20. The molecule has 1 heterocycles. The standard InChI is InChI=1S/C25H25F3N2O7S.C2H6/c1-12(31)36-11-20-23(33)22(32)16(9-30-10-19(29)14-7-17(26)21(28)18(27)8-14)25(37-20)38-15-5-3-4-13(6-15)24(34)35-2;1-2/h3-8,10,16,20,23,25,30,33H,9,11,29H2,1-2H3;1-2H3/b19-10-;. The molecule has 13 heteroatoms. The van der Waals surface area contributed by atoms with E-state index in [1.807, 2.05) is 13.8 Å². The average Bonchev–Trinajstić information content (AvgIpc) is 2.94. The van der Waals surface area contributed by atoms with Crippen molar-refractivity contribution in [3.63, 3.8) is 0 Å². The number of aliphatic hydroxyl groups excluding tert-OH is 1. The van der Waals surface area contributed by atoms with Crippen molar-refractivity contribution in [1.29, 1.82) is 0 Å². The van der Waals surface area contributed by atoms with Crippen molar-refractivity contribution >= 4 is 35.2 Å². The molecule has 40 heavy (non-hydrogen) atoms. The number of benzene rings is 2. The van der Waals surface area contributed by atoms with Gasteiger partial charge in [0.1, 0.15) is 24.3 Å². The number of hydrogen-bond donors (Lipinski definition) is 3. The van der Waals surface area contributed by atoms with E-state index in [0.717, 1.165) is 23.9 Å². The van der Waals surface area contributed by atoms with Crippen molar-refractivity contribution in [3.05, 3.63) is 71.2 Å². The van der Waals surface area contributed by atoms with Crippen molar-refractivity contribution in [2.24, 2.45) is 11.7 Å². The number of Topliss-reactive ketones (excluding diaryl/α,β-unsaturated/α-hetero) is 1. The van der Waals surface area contributed by atoms with Gasteiger partial charge in [0.05, 0.1) is 24.3 Å². The van der Waals surface area contributed by atoms with Gasteiger partial charge in [-0.1, -0.05) is 31.7 Å². The van der Waals surface area contributed by atoms with Gasteiger partial charge < -0.3 is 30.4 Å². The van der Waals surface area contributed by atoms with Crippen molar-refractivity contribution in [2.75, 3.05) is 20.3 Å². The van der Waals surface area contributed by atoms with Crippen molar-refractivity contribution < 1.29 is 46.9 Å². The van der Waals surface area contributed by atoms with Gasteiger partial charge in [-0.2, -0.15) is 0 Å². The molecule has 0 bridgehead atoms. The first-order valence-electron chi connectivity index (χ1n) is 12.2. The molecule has 0 aliphatic carbocycles. The lowest BCUT2D eigenvalue weighted by Crippen LogP contribution is -2.54. The number of nitrogens with two attached hydrogens (primary N) is 1. The molecular weight excluding hydrogens is 553 g/mol. The highest BCUT2D eigenvalue weighted by molar-refractivity contribution is 7.99. The summed E-state index contributed by atoms with van der Waals surface area (Å²) in [6.07, 6.45) is -1.58. The van der Waals surface area contributed by atoms with Gasteiger partial charge in [-0.3, -0.25) is 9.59 Å². The molecule has 4 atom stereocenters. The number of ether oxygens (including phenoxy) is 3. The number of thioether (sulfide) groups is 1. The minimum atomic E-state index is -1.63. The molecule has 0 spiro atoms. The summed E-state index contributed by atoms with van der Waals surface area (Å²) < 4.78 is 55.9. The van der Waals surface area contributed by atoms with Crippen LogP contribution < -0.4 is 11.1 Å². The fraction of sp³-hybridized carbons (Fsp3) is 0.370. The maximum Gasteiger partial charge on any atom is 0.337 e. The van der Waals surface area contributed by atoms with Crippen LogP contribution in [0.3, 0.4) is 0 Å². The molecule has 1 aliphatic rings. The fourth-order valence-electron chi connectivity index (χ4n) is 3.56. The zero-order valence-corrected chi connectivity index (χ0v) is 23.1. The van der Waals surface area contributed by atoms with Gasteiger partial charge in [-0.25, -0.2) is 18.0 Å². The van der Waals surface area contributed by atoms with Crippen LogP contribution >= 0.6 is 11.8 Å². The number of nitrogens with one attached hydrogen (secondary N) is 1. The Morgan fingerprint density at radius 1 is 1.15 bits per heavy atom. The van der Waals surface area contributed by atoms with Gasteiger partial charge in [0, 0.05) is 30.1 Å². The monoisotopic (exact) mass is 584 g/mol. The number of carbonyl (C=O) groups excluding carboxylic acids is 3.